The van der Waals surface area contributed by atoms with E-state index < -0.39 is 6.61 Å². The Bertz CT molecular complexity index is 573. The minimum absolute atomic E-state index is 0.159. The molecule has 6 heteroatoms. The third-order valence-corrected chi connectivity index (χ3v) is 3.08. The molecule has 0 saturated carbocycles. The lowest BCUT2D eigenvalue weighted by Gasteiger charge is -2.09. The van der Waals surface area contributed by atoms with Gasteiger partial charge in [-0.3, -0.25) is 0 Å². The van der Waals surface area contributed by atoms with E-state index in [0.29, 0.717) is 19.7 Å². The molecule has 0 unspecified atom stereocenters. The van der Waals surface area contributed by atoms with Gasteiger partial charge in [-0.25, -0.2) is 0 Å². The van der Waals surface area contributed by atoms with Crippen LogP contribution in [0.5, 0.6) is 17.2 Å². The highest BCUT2D eigenvalue weighted by molar-refractivity contribution is 5.31. The van der Waals surface area contributed by atoms with Crippen LogP contribution in [-0.4, -0.2) is 26.9 Å². The van der Waals surface area contributed by atoms with Crippen molar-refractivity contribution >= 4 is 0 Å². The second-order valence-electron chi connectivity index (χ2n) is 4.72. The fraction of sp³-hybridized carbons (Fsp3) is 0.294. The second kappa shape index (κ2) is 8.95. The summed E-state index contributed by atoms with van der Waals surface area (Å²) in [5.41, 5.74) is 0.982. The lowest BCUT2D eigenvalue weighted by molar-refractivity contribution is -0.0498. The van der Waals surface area contributed by atoms with Crippen LogP contribution in [0.4, 0.5) is 8.78 Å². The van der Waals surface area contributed by atoms with Gasteiger partial charge in [0.05, 0.1) is 7.11 Å². The molecule has 2 aromatic carbocycles. The molecule has 0 bridgehead atoms. The van der Waals surface area contributed by atoms with Crippen LogP contribution >= 0.6 is 0 Å². The molecule has 0 aliphatic heterocycles. The lowest BCUT2D eigenvalue weighted by Crippen LogP contribution is -2.20. The van der Waals surface area contributed by atoms with Gasteiger partial charge in [0.1, 0.15) is 23.9 Å². The van der Waals surface area contributed by atoms with Gasteiger partial charge in [0.15, 0.2) is 0 Å². The zero-order valence-corrected chi connectivity index (χ0v) is 12.8. The molecule has 0 amide bonds. The molecule has 124 valence electrons. The summed E-state index contributed by atoms with van der Waals surface area (Å²) in [7, 11) is 1.62. The third kappa shape index (κ3) is 6.12. The van der Waals surface area contributed by atoms with Crippen LogP contribution in [0.2, 0.25) is 0 Å². The Kier molecular flexibility index (Phi) is 6.62. The predicted molar refractivity (Wildman–Crippen MR) is 83.3 cm³/mol. The molecule has 0 spiro atoms. The Hall–Kier alpha value is -2.34. The van der Waals surface area contributed by atoms with E-state index in [4.69, 9.17) is 9.47 Å². The summed E-state index contributed by atoms with van der Waals surface area (Å²) >= 11 is 0. The number of hydrogen-bond acceptors (Lipinski definition) is 4. The zero-order valence-electron chi connectivity index (χ0n) is 12.8. The fourth-order valence-corrected chi connectivity index (χ4v) is 1.93. The van der Waals surface area contributed by atoms with E-state index in [1.807, 2.05) is 24.3 Å². The molecule has 0 radical (unpaired) electrons. The van der Waals surface area contributed by atoms with Gasteiger partial charge in [0.25, 0.3) is 0 Å². The van der Waals surface area contributed by atoms with Crippen molar-refractivity contribution in [3.8, 4) is 17.2 Å². The molecule has 0 aliphatic carbocycles. The Morgan fingerprint density at radius 1 is 0.913 bits per heavy atom. The molecule has 0 aromatic heterocycles. The number of nitrogens with one attached hydrogen (secondary N) is 1. The summed E-state index contributed by atoms with van der Waals surface area (Å²) in [5, 5.41) is 3.22. The molecule has 0 aliphatic rings. The molecule has 2 rings (SSSR count). The topological polar surface area (TPSA) is 39.7 Å². The largest absolute Gasteiger partial charge is 0.497 e. The highest BCUT2D eigenvalue weighted by atomic mass is 19.3. The average Bonchev–Trinajstić information content (AvgIpc) is 2.56. The summed E-state index contributed by atoms with van der Waals surface area (Å²) in [6.45, 7) is -0.977. The van der Waals surface area contributed by atoms with Crippen molar-refractivity contribution in [1.82, 2.24) is 5.32 Å². The van der Waals surface area contributed by atoms with E-state index in [-0.39, 0.29) is 5.75 Å². The first-order valence-electron chi connectivity index (χ1n) is 7.18. The van der Waals surface area contributed by atoms with Crippen LogP contribution in [0.3, 0.4) is 0 Å². The first kappa shape index (κ1) is 17.0. The lowest BCUT2D eigenvalue weighted by atomic mass is 10.2. The summed E-state index contributed by atoms with van der Waals surface area (Å²) in [6, 6.07) is 13.9. The van der Waals surface area contributed by atoms with Crippen LogP contribution in [0.1, 0.15) is 5.56 Å². The molecule has 23 heavy (non-hydrogen) atoms. The SMILES string of the molecule is COc1ccc(OCCNCc2ccc(OC(F)F)cc2)cc1. The van der Waals surface area contributed by atoms with Crippen molar-refractivity contribution in [3.63, 3.8) is 0 Å². The minimum atomic E-state index is -2.80. The number of hydrogen-bond donors (Lipinski definition) is 1. The van der Waals surface area contributed by atoms with Crippen molar-refractivity contribution < 1.29 is 23.0 Å². The number of rotatable bonds is 9. The van der Waals surface area contributed by atoms with Gasteiger partial charge in [-0.2, -0.15) is 8.78 Å². The number of alkyl halides is 2. The summed E-state index contributed by atoms with van der Waals surface area (Å²) in [6.07, 6.45) is 0. The van der Waals surface area contributed by atoms with E-state index in [2.05, 4.69) is 10.1 Å². The molecule has 0 saturated heterocycles. The van der Waals surface area contributed by atoms with Crippen LogP contribution in [0.25, 0.3) is 0 Å². The molecular weight excluding hydrogens is 304 g/mol. The Balaban J connectivity index is 1.64. The van der Waals surface area contributed by atoms with E-state index in [1.54, 1.807) is 19.2 Å². The number of ether oxygens (including phenoxy) is 3. The summed E-state index contributed by atoms with van der Waals surface area (Å²) < 4.78 is 39.0. The minimum Gasteiger partial charge on any atom is -0.497 e. The van der Waals surface area contributed by atoms with Crippen LogP contribution in [0, 0.1) is 0 Å². The third-order valence-electron chi connectivity index (χ3n) is 3.08. The van der Waals surface area contributed by atoms with Crippen molar-refractivity contribution in [2.24, 2.45) is 0 Å². The van der Waals surface area contributed by atoms with Gasteiger partial charge in [0, 0.05) is 13.1 Å². The van der Waals surface area contributed by atoms with Crippen LogP contribution in [0.15, 0.2) is 48.5 Å². The molecular formula is C17H19F2NO3. The molecule has 0 atom stereocenters. The van der Waals surface area contributed by atoms with Crippen molar-refractivity contribution in [3.05, 3.63) is 54.1 Å². The number of methoxy groups -OCH3 is 1. The van der Waals surface area contributed by atoms with Gasteiger partial charge in [0.2, 0.25) is 0 Å². The van der Waals surface area contributed by atoms with E-state index in [9.17, 15) is 8.78 Å². The predicted octanol–water partition coefficient (Wildman–Crippen LogP) is 3.47. The molecule has 0 fully saturated rings. The Morgan fingerprint density at radius 2 is 1.52 bits per heavy atom. The Labute approximate surface area is 134 Å². The number of halogens is 2. The first-order chi connectivity index (χ1) is 11.2. The second-order valence-corrected chi connectivity index (χ2v) is 4.72. The first-order valence-corrected chi connectivity index (χ1v) is 7.18. The zero-order chi connectivity index (χ0) is 16.5. The maximum absolute atomic E-state index is 12.0. The number of benzene rings is 2. The average molecular weight is 323 g/mol. The smallest absolute Gasteiger partial charge is 0.387 e. The quantitative estimate of drug-likeness (QED) is 0.717. The highest BCUT2D eigenvalue weighted by Crippen LogP contribution is 2.17. The summed E-state index contributed by atoms with van der Waals surface area (Å²) in [4.78, 5) is 0. The molecule has 0 heterocycles. The van der Waals surface area contributed by atoms with Crippen molar-refractivity contribution in [1.29, 1.82) is 0 Å². The van der Waals surface area contributed by atoms with E-state index in [0.717, 1.165) is 17.1 Å². The standard InChI is InChI=1S/C17H19F2NO3/c1-21-14-6-8-15(9-7-14)22-11-10-20-12-13-2-4-16(5-3-13)23-17(18)19/h2-9,17,20H,10-12H2,1H3. The van der Waals surface area contributed by atoms with Gasteiger partial charge in [-0.15, -0.1) is 0 Å². The van der Waals surface area contributed by atoms with Crippen molar-refractivity contribution in [2.45, 2.75) is 13.2 Å². The monoisotopic (exact) mass is 323 g/mol. The maximum atomic E-state index is 12.0. The fourth-order valence-electron chi connectivity index (χ4n) is 1.93. The Morgan fingerprint density at radius 3 is 2.13 bits per heavy atom. The van der Waals surface area contributed by atoms with E-state index >= 15 is 0 Å². The normalized spacial score (nSPS) is 10.6. The summed E-state index contributed by atoms with van der Waals surface area (Å²) in [5.74, 6) is 1.72. The molecule has 4 nitrogen and oxygen atoms in total. The highest BCUT2D eigenvalue weighted by Gasteiger charge is 2.03. The van der Waals surface area contributed by atoms with Crippen LogP contribution < -0.4 is 19.5 Å². The van der Waals surface area contributed by atoms with Gasteiger partial charge < -0.3 is 19.5 Å². The van der Waals surface area contributed by atoms with Gasteiger partial charge in [-0.05, 0) is 42.0 Å². The van der Waals surface area contributed by atoms with E-state index in [1.165, 1.54) is 12.1 Å². The van der Waals surface area contributed by atoms with Gasteiger partial charge >= 0.3 is 6.61 Å². The van der Waals surface area contributed by atoms with Crippen LogP contribution in [-0.2, 0) is 6.54 Å². The molecule has 1 N–H and O–H groups in total. The van der Waals surface area contributed by atoms with Crippen molar-refractivity contribution in [2.75, 3.05) is 20.3 Å². The molecule has 2 aromatic rings. The van der Waals surface area contributed by atoms with Gasteiger partial charge in [-0.1, -0.05) is 12.1 Å². The maximum Gasteiger partial charge on any atom is 0.387 e.